The molecule has 1 amide bonds. The summed E-state index contributed by atoms with van der Waals surface area (Å²) >= 11 is 5.87. The number of hydrogen-bond donors (Lipinski definition) is 2. The third-order valence-corrected chi connectivity index (χ3v) is 3.21. The van der Waals surface area contributed by atoms with Crippen LogP contribution in [0.1, 0.15) is 0 Å². The maximum Gasteiger partial charge on any atom is 0.243 e. The van der Waals surface area contributed by atoms with E-state index >= 15 is 0 Å². The molecule has 23 heavy (non-hydrogen) atoms. The number of anilines is 2. The van der Waals surface area contributed by atoms with Crippen molar-refractivity contribution >= 4 is 28.9 Å². The fraction of sp³-hybridized carbons (Fsp3) is 0.235. The topological polar surface area (TPSA) is 59.6 Å². The predicted octanol–water partition coefficient (Wildman–Crippen LogP) is 3.42. The highest BCUT2D eigenvalue weighted by Crippen LogP contribution is 2.16. The zero-order valence-electron chi connectivity index (χ0n) is 12.8. The number of carbonyl (C=O) groups excluding carboxylic acids is 1. The average Bonchev–Trinajstić information content (AvgIpc) is 2.54. The maximum atomic E-state index is 11.9. The molecular weight excluding hydrogens is 316 g/mol. The molecule has 0 unspecified atom stereocenters. The Morgan fingerprint density at radius 2 is 1.87 bits per heavy atom. The quantitative estimate of drug-likeness (QED) is 0.726. The van der Waals surface area contributed by atoms with Crippen molar-refractivity contribution in [3.63, 3.8) is 0 Å². The van der Waals surface area contributed by atoms with Crippen molar-refractivity contribution in [1.82, 2.24) is 0 Å². The van der Waals surface area contributed by atoms with E-state index in [-0.39, 0.29) is 12.5 Å². The van der Waals surface area contributed by atoms with Crippen LogP contribution in [-0.4, -0.2) is 32.8 Å². The van der Waals surface area contributed by atoms with E-state index in [2.05, 4.69) is 10.6 Å². The van der Waals surface area contributed by atoms with Crippen molar-refractivity contribution < 1.29 is 14.3 Å². The van der Waals surface area contributed by atoms with Crippen LogP contribution in [0.15, 0.2) is 48.5 Å². The Balaban J connectivity index is 1.77. The molecule has 122 valence electrons. The van der Waals surface area contributed by atoms with Crippen LogP contribution in [0.3, 0.4) is 0 Å². The van der Waals surface area contributed by atoms with E-state index < -0.39 is 0 Å². The van der Waals surface area contributed by atoms with Crippen LogP contribution >= 0.6 is 11.6 Å². The number of carbonyl (C=O) groups is 1. The third kappa shape index (κ3) is 6.18. The second kappa shape index (κ2) is 9.02. The van der Waals surface area contributed by atoms with Crippen molar-refractivity contribution in [3.8, 4) is 5.75 Å². The molecule has 0 aliphatic heterocycles. The highest BCUT2D eigenvalue weighted by atomic mass is 35.5. The number of halogens is 1. The van der Waals surface area contributed by atoms with Crippen molar-refractivity contribution in [1.29, 1.82) is 0 Å². The molecule has 5 nitrogen and oxygen atoms in total. The summed E-state index contributed by atoms with van der Waals surface area (Å²) in [4.78, 5) is 11.9. The lowest BCUT2D eigenvalue weighted by atomic mass is 10.3. The standard InChI is InChI=1S/C17H19ClN2O3/c1-22-9-10-23-16-7-5-14(6-8-16)19-12-17(21)20-15-4-2-3-13(18)11-15/h2-8,11,19H,9-10,12H2,1H3,(H,20,21). The predicted molar refractivity (Wildman–Crippen MR) is 92.4 cm³/mol. The first kappa shape index (κ1) is 17.1. The molecule has 2 aromatic carbocycles. The zero-order valence-corrected chi connectivity index (χ0v) is 13.6. The fourth-order valence-corrected chi connectivity index (χ4v) is 2.06. The number of hydrogen-bond acceptors (Lipinski definition) is 4. The molecule has 0 fully saturated rings. The summed E-state index contributed by atoms with van der Waals surface area (Å²) in [6, 6.07) is 14.4. The minimum Gasteiger partial charge on any atom is -0.491 e. The summed E-state index contributed by atoms with van der Waals surface area (Å²) in [5.74, 6) is 0.615. The number of benzene rings is 2. The van der Waals surface area contributed by atoms with Gasteiger partial charge in [0.1, 0.15) is 12.4 Å². The van der Waals surface area contributed by atoms with Crippen molar-refractivity contribution in [2.75, 3.05) is 37.5 Å². The summed E-state index contributed by atoms with van der Waals surface area (Å²) in [7, 11) is 1.63. The van der Waals surface area contributed by atoms with E-state index in [1.807, 2.05) is 24.3 Å². The van der Waals surface area contributed by atoms with E-state index in [1.165, 1.54) is 0 Å². The summed E-state index contributed by atoms with van der Waals surface area (Å²) in [5, 5.41) is 6.41. The summed E-state index contributed by atoms with van der Waals surface area (Å²) < 4.78 is 10.4. The van der Waals surface area contributed by atoms with Gasteiger partial charge < -0.3 is 20.1 Å². The Kier molecular flexibility index (Phi) is 6.72. The van der Waals surface area contributed by atoms with Crippen LogP contribution < -0.4 is 15.4 Å². The monoisotopic (exact) mass is 334 g/mol. The van der Waals surface area contributed by atoms with E-state index in [0.29, 0.717) is 23.9 Å². The van der Waals surface area contributed by atoms with Gasteiger partial charge >= 0.3 is 0 Å². The van der Waals surface area contributed by atoms with Crippen molar-refractivity contribution in [3.05, 3.63) is 53.6 Å². The molecule has 2 N–H and O–H groups in total. The van der Waals surface area contributed by atoms with Gasteiger partial charge in [-0.1, -0.05) is 17.7 Å². The fourth-order valence-electron chi connectivity index (χ4n) is 1.87. The van der Waals surface area contributed by atoms with E-state index in [0.717, 1.165) is 11.4 Å². The number of methoxy groups -OCH3 is 1. The van der Waals surface area contributed by atoms with Gasteiger partial charge in [0.2, 0.25) is 5.91 Å². The van der Waals surface area contributed by atoms with Gasteiger partial charge in [-0.25, -0.2) is 0 Å². The number of amides is 1. The number of nitrogens with one attached hydrogen (secondary N) is 2. The lowest BCUT2D eigenvalue weighted by Crippen LogP contribution is -2.21. The molecule has 0 saturated heterocycles. The molecule has 0 atom stereocenters. The molecule has 0 aliphatic carbocycles. The summed E-state index contributed by atoms with van der Waals surface area (Å²) in [6.07, 6.45) is 0. The highest BCUT2D eigenvalue weighted by molar-refractivity contribution is 6.30. The average molecular weight is 335 g/mol. The smallest absolute Gasteiger partial charge is 0.243 e. The summed E-state index contributed by atoms with van der Waals surface area (Å²) in [6.45, 7) is 1.21. The Bertz CT molecular complexity index is 632. The van der Waals surface area contributed by atoms with E-state index in [9.17, 15) is 4.79 Å². The molecule has 0 aromatic heterocycles. The SMILES string of the molecule is COCCOc1ccc(NCC(=O)Nc2cccc(Cl)c2)cc1. The van der Waals surface area contributed by atoms with Crippen LogP contribution in [0, 0.1) is 0 Å². The van der Waals surface area contributed by atoms with Crippen molar-refractivity contribution in [2.45, 2.75) is 0 Å². The maximum absolute atomic E-state index is 11.9. The minimum absolute atomic E-state index is 0.146. The molecular formula is C17H19ClN2O3. The van der Waals surface area contributed by atoms with E-state index in [4.69, 9.17) is 21.1 Å². The van der Waals surface area contributed by atoms with Gasteiger partial charge in [0.25, 0.3) is 0 Å². The first-order valence-corrected chi connectivity index (χ1v) is 7.56. The van der Waals surface area contributed by atoms with Crippen LogP contribution in [0.4, 0.5) is 11.4 Å². The van der Waals surface area contributed by atoms with Gasteiger partial charge in [0.15, 0.2) is 0 Å². The Hall–Kier alpha value is -2.24. The Morgan fingerprint density at radius 3 is 2.57 bits per heavy atom. The number of ether oxygens (including phenoxy) is 2. The van der Waals surface area contributed by atoms with E-state index in [1.54, 1.807) is 31.4 Å². The molecule has 6 heteroatoms. The van der Waals surface area contributed by atoms with Crippen molar-refractivity contribution in [2.24, 2.45) is 0 Å². The summed E-state index contributed by atoms with van der Waals surface area (Å²) in [5.41, 5.74) is 1.51. The largest absolute Gasteiger partial charge is 0.491 e. The molecule has 2 aromatic rings. The molecule has 0 radical (unpaired) electrons. The van der Waals surface area contributed by atoms with Gasteiger partial charge in [-0.3, -0.25) is 4.79 Å². The molecule has 0 heterocycles. The Labute approximate surface area is 140 Å². The van der Waals surface area contributed by atoms with Gasteiger partial charge in [-0.15, -0.1) is 0 Å². The van der Waals surface area contributed by atoms with Gasteiger partial charge in [-0.05, 0) is 42.5 Å². The third-order valence-electron chi connectivity index (χ3n) is 2.97. The first-order chi connectivity index (χ1) is 11.2. The van der Waals surface area contributed by atoms with Gasteiger partial charge in [0.05, 0.1) is 13.2 Å². The number of rotatable bonds is 8. The minimum atomic E-state index is -0.146. The lowest BCUT2D eigenvalue weighted by molar-refractivity contribution is -0.114. The van der Waals surface area contributed by atoms with Crippen LogP contribution in [-0.2, 0) is 9.53 Å². The first-order valence-electron chi connectivity index (χ1n) is 7.18. The zero-order chi connectivity index (χ0) is 16.5. The molecule has 0 bridgehead atoms. The normalized spacial score (nSPS) is 10.2. The Morgan fingerprint density at radius 1 is 1.09 bits per heavy atom. The van der Waals surface area contributed by atoms with Crippen LogP contribution in [0.25, 0.3) is 0 Å². The molecule has 0 aliphatic rings. The molecule has 0 saturated carbocycles. The highest BCUT2D eigenvalue weighted by Gasteiger charge is 2.03. The second-order valence-electron chi connectivity index (χ2n) is 4.78. The van der Waals surface area contributed by atoms with Gasteiger partial charge in [0, 0.05) is 23.5 Å². The van der Waals surface area contributed by atoms with Crippen LogP contribution in [0.5, 0.6) is 5.75 Å². The molecule has 0 spiro atoms. The molecule has 2 rings (SSSR count). The lowest BCUT2D eigenvalue weighted by Gasteiger charge is -2.09. The second-order valence-corrected chi connectivity index (χ2v) is 5.21. The van der Waals surface area contributed by atoms with Gasteiger partial charge in [-0.2, -0.15) is 0 Å². The van der Waals surface area contributed by atoms with Crippen LogP contribution in [0.2, 0.25) is 5.02 Å².